The molecule has 5 nitrogen and oxygen atoms in total. The third kappa shape index (κ3) is 5.29. The topological polar surface area (TPSA) is 72.4 Å². The van der Waals surface area contributed by atoms with Gasteiger partial charge < -0.3 is 20.7 Å². The Morgan fingerprint density at radius 2 is 1.83 bits per heavy atom. The molecule has 29 heavy (non-hydrogen) atoms. The highest BCUT2D eigenvalue weighted by Crippen LogP contribution is 2.29. The molecule has 1 unspecified atom stereocenters. The predicted molar refractivity (Wildman–Crippen MR) is 134 cm³/mol. The number of nitrogens with zero attached hydrogens (tertiary/aromatic N) is 1. The number of aliphatic imine (C=N–C) groups is 1. The van der Waals surface area contributed by atoms with Crippen LogP contribution in [0.2, 0.25) is 0 Å². The molecule has 0 spiro atoms. The Kier molecular flexibility index (Phi) is 7.51. The van der Waals surface area contributed by atoms with Crippen molar-refractivity contribution in [1.82, 2.24) is 15.6 Å². The Bertz CT molecular complexity index is 1040. The van der Waals surface area contributed by atoms with Gasteiger partial charge in [0.2, 0.25) is 0 Å². The van der Waals surface area contributed by atoms with Gasteiger partial charge in [0, 0.05) is 47.3 Å². The molecule has 2 heterocycles. The summed E-state index contributed by atoms with van der Waals surface area (Å²) in [5, 5.41) is 19.4. The van der Waals surface area contributed by atoms with Gasteiger partial charge in [-0.25, -0.2) is 0 Å². The van der Waals surface area contributed by atoms with Gasteiger partial charge in [0.1, 0.15) is 6.10 Å². The lowest BCUT2D eigenvalue weighted by atomic mass is 10.2. The van der Waals surface area contributed by atoms with Crippen molar-refractivity contribution < 1.29 is 5.11 Å². The molecule has 4 aromatic rings. The van der Waals surface area contributed by atoms with Gasteiger partial charge in [0.05, 0.1) is 0 Å². The number of hydrogen-bond donors (Lipinski definition) is 4. The summed E-state index contributed by atoms with van der Waals surface area (Å²) in [4.78, 5) is 8.64. The van der Waals surface area contributed by atoms with E-state index in [1.54, 1.807) is 18.4 Å². The number of aromatic nitrogens is 1. The van der Waals surface area contributed by atoms with Crippen LogP contribution in [0.4, 0.5) is 0 Å². The number of benzene rings is 2. The number of aliphatic hydroxyl groups is 1. The number of guanidine groups is 1. The quantitative estimate of drug-likeness (QED) is 0.173. The van der Waals surface area contributed by atoms with Crippen LogP contribution in [0, 0.1) is 0 Å². The smallest absolute Gasteiger partial charge is 0.191 e. The summed E-state index contributed by atoms with van der Waals surface area (Å²) in [6, 6.07) is 20.7. The van der Waals surface area contributed by atoms with Crippen molar-refractivity contribution in [1.29, 1.82) is 0 Å². The molecule has 4 rings (SSSR count). The Balaban J connectivity index is 0.00000240. The standard InChI is InChI=1S/C22H24N4OS.HI/c1-23-22(24-11-10-17-12-15-6-2-4-8-18(15)26-17)25-14-19(27)21-13-16-7-3-5-9-20(16)28-21;/h2-9,12-13,19,26-27H,10-11,14H2,1H3,(H2,23,24,25);1H. The Morgan fingerprint density at radius 3 is 2.59 bits per heavy atom. The SMILES string of the molecule is CN=C(NCCc1cc2ccccc2[nH]1)NCC(O)c1cc2ccccc2s1.I. The second kappa shape index (κ2) is 10.1. The van der Waals surface area contributed by atoms with Crippen LogP contribution in [-0.4, -0.2) is 36.2 Å². The Morgan fingerprint density at radius 1 is 1.07 bits per heavy atom. The summed E-state index contributed by atoms with van der Waals surface area (Å²) in [5.74, 6) is 0.691. The van der Waals surface area contributed by atoms with E-state index in [1.807, 2.05) is 24.3 Å². The number of aliphatic hydroxyl groups excluding tert-OH is 1. The van der Waals surface area contributed by atoms with Crippen LogP contribution in [0.25, 0.3) is 21.0 Å². The minimum Gasteiger partial charge on any atom is -0.386 e. The summed E-state index contributed by atoms with van der Waals surface area (Å²) in [5.41, 5.74) is 2.35. The number of halogens is 1. The Labute approximate surface area is 191 Å². The predicted octanol–water partition coefficient (Wildman–Crippen LogP) is 4.44. The maximum atomic E-state index is 10.5. The van der Waals surface area contributed by atoms with Gasteiger partial charge in [-0.15, -0.1) is 35.3 Å². The van der Waals surface area contributed by atoms with E-state index in [1.165, 1.54) is 21.2 Å². The molecule has 2 aromatic carbocycles. The number of rotatable bonds is 6. The summed E-state index contributed by atoms with van der Waals surface area (Å²) in [6.45, 7) is 1.17. The minimum absolute atomic E-state index is 0. The first-order valence-electron chi connectivity index (χ1n) is 9.40. The van der Waals surface area contributed by atoms with Crippen molar-refractivity contribution in [2.45, 2.75) is 12.5 Å². The van der Waals surface area contributed by atoms with Crippen LogP contribution in [0.3, 0.4) is 0 Å². The number of nitrogens with one attached hydrogen (secondary N) is 3. The summed E-state index contributed by atoms with van der Waals surface area (Å²) < 4.78 is 1.19. The summed E-state index contributed by atoms with van der Waals surface area (Å²) in [6.07, 6.45) is 0.304. The van der Waals surface area contributed by atoms with Crippen LogP contribution in [0.1, 0.15) is 16.7 Å². The Hall–Kier alpha value is -2.10. The second-order valence-corrected chi connectivity index (χ2v) is 7.83. The van der Waals surface area contributed by atoms with E-state index in [0.29, 0.717) is 12.5 Å². The normalized spacial score (nSPS) is 12.7. The van der Waals surface area contributed by atoms with Crippen molar-refractivity contribution in [3.05, 3.63) is 71.2 Å². The third-order valence-corrected chi connectivity index (χ3v) is 5.95. The van der Waals surface area contributed by atoms with Crippen molar-refractivity contribution in [3.8, 4) is 0 Å². The largest absolute Gasteiger partial charge is 0.386 e. The van der Waals surface area contributed by atoms with Gasteiger partial charge >= 0.3 is 0 Å². The zero-order chi connectivity index (χ0) is 19.3. The fourth-order valence-electron chi connectivity index (χ4n) is 3.26. The molecule has 0 aliphatic rings. The van der Waals surface area contributed by atoms with Gasteiger partial charge in [0.15, 0.2) is 5.96 Å². The molecule has 1 atom stereocenters. The molecule has 0 fully saturated rings. The van der Waals surface area contributed by atoms with Gasteiger partial charge in [0.25, 0.3) is 0 Å². The van der Waals surface area contributed by atoms with Crippen molar-refractivity contribution in [2.75, 3.05) is 20.1 Å². The number of H-pyrrole nitrogens is 1. The molecule has 0 aliphatic heterocycles. The summed E-state index contributed by atoms with van der Waals surface area (Å²) >= 11 is 1.63. The maximum Gasteiger partial charge on any atom is 0.191 e. The molecule has 0 amide bonds. The van der Waals surface area contributed by atoms with Crippen LogP contribution in [-0.2, 0) is 6.42 Å². The molecule has 7 heteroatoms. The number of aromatic amines is 1. The van der Waals surface area contributed by atoms with E-state index in [2.05, 4.69) is 57.0 Å². The van der Waals surface area contributed by atoms with Gasteiger partial charge in [-0.2, -0.15) is 0 Å². The first-order chi connectivity index (χ1) is 13.7. The zero-order valence-electron chi connectivity index (χ0n) is 16.2. The molecule has 0 radical (unpaired) electrons. The number of thiophene rings is 1. The molecule has 0 aliphatic carbocycles. The first kappa shape index (κ1) is 21.6. The second-order valence-electron chi connectivity index (χ2n) is 6.71. The molecule has 2 aromatic heterocycles. The molecule has 4 N–H and O–H groups in total. The van der Waals surface area contributed by atoms with E-state index in [-0.39, 0.29) is 24.0 Å². The molecule has 0 bridgehead atoms. The highest BCUT2D eigenvalue weighted by molar-refractivity contribution is 14.0. The van der Waals surface area contributed by atoms with Crippen LogP contribution < -0.4 is 10.6 Å². The monoisotopic (exact) mass is 520 g/mol. The lowest BCUT2D eigenvalue weighted by Gasteiger charge is -2.14. The van der Waals surface area contributed by atoms with Gasteiger partial charge in [-0.3, -0.25) is 4.99 Å². The van der Waals surface area contributed by atoms with E-state index in [9.17, 15) is 5.11 Å². The molecule has 0 saturated heterocycles. The average molecular weight is 520 g/mol. The van der Waals surface area contributed by atoms with Crippen LogP contribution >= 0.6 is 35.3 Å². The minimum atomic E-state index is -0.565. The van der Waals surface area contributed by atoms with E-state index >= 15 is 0 Å². The van der Waals surface area contributed by atoms with E-state index in [0.717, 1.165) is 23.4 Å². The van der Waals surface area contributed by atoms with E-state index in [4.69, 9.17) is 0 Å². The van der Waals surface area contributed by atoms with Crippen LogP contribution in [0.5, 0.6) is 0 Å². The first-order valence-corrected chi connectivity index (χ1v) is 10.2. The zero-order valence-corrected chi connectivity index (χ0v) is 19.3. The van der Waals surface area contributed by atoms with Crippen molar-refractivity contribution in [3.63, 3.8) is 0 Å². The maximum absolute atomic E-state index is 10.5. The fourth-order valence-corrected chi connectivity index (χ4v) is 4.32. The fraction of sp³-hybridized carbons (Fsp3) is 0.227. The third-order valence-electron chi connectivity index (χ3n) is 4.73. The number of hydrogen-bond acceptors (Lipinski definition) is 3. The molecular weight excluding hydrogens is 495 g/mol. The molecule has 152 valence electrons. The summed E-state index contributed by atoms with van der Waals surface area (Å²) in [7, 11) is 1.74. The van der Waals surface area contributed by atoms with E-state index < -0.39 is 6.10 Å². The molecule has 0 saturated carbocycles. The lowest BCUT2D eigenvalue weighted by Crippen LogP contribution is -2.40. The van der Waals surface area contributed by atoms with Gasteiger partial charge in [-0.05, 0) is 35.0 Å². The molecular formula is C22H25IN4OS. The number of para-hydroxylation sites is 1. The van der Waals surface area contributed by atoms with Crippen molar-refractivity contribution >= 4 is 62.3 Å². The average Bonchev–Trinajstić information content (AvgIpc) is 3.33. The van der Waals surface area contributed by atoms with Gasteiger partial charge in [-0.1, -0.05) is 36.4 Å². The van der Waals surface area contributed by atoms with Crippen molar-refractivity contribution in [2.24, 2.45) is 4.99 Å². The number of fused-ring (bicyclic) bond motifs is 2. The highest BCUT2D eigenvalue weighted by atomic mass is 127. The van der Waals surface area contributed by atoms with Crippen LogP contribution in [0.15, 0.2) is 65.7 Å². The highest BCUT2D eigenvalue weighted by Gasteiger charge is 2.12. The lowest BCUT2D eigenvalue weighted by molar-refractivity contribution is 0.184.